The van der Waals surface area contributed by atoms with Gasteiger partial charge in [0.15, 0.2) is 0 Å². The Labute approximate surface area is 131 Å². The van der Waals surface area contributed by atoms with E-state index in [-0.39, 0.29) is 0 Å². The van der Waals surface area contributed by atoms with Crippen LogP contribution in [-0.2, 0) is 11.3 Å². The normalized spacial score (nSPS) is 10.6. The monoisotopic (exact) mass is 316 g/mol. The van der Waals surface area contributed by atoms with Gasteiger partial charge >= 0.3 is 0 Å². The first-order chi connectivity index (χ1) is 10.7. The Morgan fingerprint density at radius 2 is 2.18 bits per heavy atom. The molecule has 3 aromatic rings. The molecule has 6 nitrogen and oxygen atoms in total. The summed E-state index contributed by atoms with van der Waals surface area (Å²) in [5.74, 6) is 0.447. The minimum absolute atomic E-state index is 0.438. The average Bonchev–Trinajstić information content (AvgIpc) is 2.94. The average molecular weight is 317 g/mol. The van der Waals surface area contributed by atoms with Crippen LogP contribution in [0.5, 0.6) is 5.88 Å². The molecule has 0 aliphatic carbocycles. The molecular formula is C15H13ClN4O2. The molecule has 0 saturated carbocycles. The van der Waals surface area contributed by atoms with E-state index in [9.17, 15) is 4.79 Å². The highest BCUT2D eigenvalue weighted by atomic mass is 35.5. The van der Waals surface area contributed by atoms with Crippen molar-refractivity contribution >= 4 is 28.9 Å². The van der Waals surface area contributed by atoms with E-state index >= 15 is 0 Å². The van der Waals surface area contributed by atoms with Crippen LogP contribution in [0.4, 0.5) is 0 Å². The van der Waals surface area contributed by atoms with E-state index in [0.717, 1.165) is 22.2 Å². The molecule has 1 aromatic carbocycles. The summed E-state index contributed by atoms with van der Waals surface area (Å²) in [6.07, 6.45) is 3.82. The third kappa shape index (κ3) is 2.73. The first-order valence-electron chi connectivity index (χ1n) is 6.56. The van der Waals surface area contributed by atoms with Crippen LogP contribution in [0.3, 0.4) is 0 Å². The van der Waals surface area contributed by atoms with Crippen molar-refractivity contribution in [3.8, 4) is 17.1 Å². The molecule has 0 radical (unpaired) electrons. The number of rotatable bonds is 5. The lowest BCUT2D eigenvalue weighted by atomic mass is 10.1. The van der Waals surface area contributed by atoms with Gasteiger partial charge < -0.3 is 15.0 Å². The minimum atomic E-state index is 0.438. The number of fused-ring (bicyclic) bond motifs is 1. The fourth-order valence-corrected chi connectivity index (χ4v) is 2.49. The molecule has 0 fully saturated rings. The van der Waals surface area contributed by atoms with Gasteiger partial charge in [-0.1, -0.05) is 11.6 Å². The standard InChI is InChI=1S/C15H13ClN4O2/c1-22-15-7-18-14(6-19-15)11-4-13-9(3-12(11)16)2-10(20-13)5-17-8-21/h2-4,6-8,20H,5H2,1H3,(H,17,21). The number of halogens is 1. The van der Waals surface area contributed by atoms with Crippen LogP contribution in [0.25, 0.3) is 22.2 Å². The number of carbonyl (C=O) groups is 1. The topological polar surface area (TPSA) is 79.9 Å². The van der Waals surface area contributed by atoms with Crippen molar-refractivity contribution in [2.45, 2.75) is 6.54 Å². The highest BCUT2D eigenvalue weighted by Gasteiger charge is 2.10. The van der Waals surface area contributed by atoms with E-state index in [1.54, 1.807) is 12.4 Å². The predicted octanol–water partition coefficient (Wildman–Crippen LogP) is 2.53. The van der Waals surface area contributed by atoms with Crippen molar-refractivity contribution < 1.29 is 9.53 Å². The van der Waals surface area contributed by atoms with E-state index < -0.39 is 0 Å². The minimum Gasteiger partial charge on any atom is -0.480 e. The number of aromatic amines is 1. The van der Waals surface area contributed by atoms with Crippen molar-refractivity contribution in [2.75, 3.05) is 7.11 Å². The van der Waals surface area contributed by atoms with Gasteiger partial charge in [0.05, 0.1) is 36.8 Å². The Morgan fingerprint density at radius 3 is 2.86 bits per heavy atom. The number of hydrogen-bond acceptors (Lipinski definition) is 4. The van der Waals surface area contributed by atoms with Crippen LogP contribution < -0.4 is 10.1 Å². The molecule has 0 bridgehead atoms. The molecule has 0 aliphatic heterocycles. The van der Waals surface area contributed by atoms with Crippen LogP contribution in [0.1, 0.15) is 5.69 Å². The highest BCUT2D eigenvalue weighted by Crippen LogP contribution is 2.31. The molecule has 112 valence electrons. The van der Waals surface area contributed by atoms with Crippen molar-refractivity contribution in [3.05, 3.63) is 41.3 Å². The molecule has 22 heavy (non-hydrogen) atoms. The molecule has 1 amide bonds. The number of nitrogens with one attached hydrogen (secondary N) is 2. The van der Waals surface area contributed by atoms with Gasteiger partial charge in [-0.3, -0.25) is 4.79 Å². The summed E-state index contributed by atoms with van der Waals surface area (Å²) in [6.45, 7) is 0.438. The number of H-pyrrole nitrogens is 1. The quantitative estimate of drug-likeness (QED) is 0.709. The predicted molar refractivity (Wildman–Crippen MR) is 83.8 cm³/mol. The first kappa shape index (κ1) is 14.3. The second-order valence-corrected chi connectivity index (χ2v) is 5.06. The number of nitrogens with zero attached hydrogens (tertiary/aromatic N) is 2. The van der Waals surface area contributed by atoms with E-state index in [2.05, 4.69) is 20.3 Å². The lowest BCUT2D eigenvalue weighted by molar-refractivity contribution is -0.109. The van der Waals surface area contributed by atoms with Crippen molar-refractivity contribution in [2.24, 2.45) is 0 Å². The molecule has 3 rings (SSSR count). The smallest absolute Gasteiger partial charge is 0.232 e. The van der Waals surface area contributed by atoms with Crippen molar-refractivity contribution in [1.29, 1.82) is 0 Å². The second kappa shape index (κ2) is 6.03. The Morgan fingerprint density at radius 1 is 1.32 bits per heavy atom. The number of ether oxygens (including phenoxy) is 1. The molecular weight excluding hydrogens is 304 g/mol. The van der Waals surface area contributed by atoms with E-state index in [1.807, 2.05) is 18.2 Å². The zero-order valence-corrected chi connectivity index (χ0v) is 12.5. The van der Waals surface area contributed by atoms with E-state index in [4.69, 9.17) is 16.3 Å². The van der Waals surface area contributed by atoms with Crippen molar-refractivity contribution in [1.82, 2.24) is 20.3 Å². The molecule has 2 N–H and O–H groups in total. The fourth-order valence-electron chi connectivity index (χ4n) is 2.22. The second-order valence-electron chi connectivity index (χ2n) is 4.66. The van der Waals surface area contributed by atoms with Gasteiger partial charge in [-0.25, -0.2) is 9.97 Å². The Balaban J connectivity index is 2.01. The van der Waals surface area contributed by atoms with Crippen LogP contribution in [-0.4, -0.2) is 28.5 Å². The maximum absolute atomic E-state index is 10.4. The number of benzene rings is 1. The van der Waals surface area contributed by atoms with Gasteiger partial charge in [0, 0.05) is 22.2 Å². The molecule has 0 spiro atoms. The highest BCUT2D eigenvalue weighted by molar-refractivity contribution is 6.34. The maximum atomic E-state index is 10.4. The van der Waals surface area contributed by atoms with Crippen LogP contribution in [0.15, 0.2) is 30.6 Å². The van der Waals surface area contributed by atoms with Gasteiger partial charge in [0.1, 0.15) is 0 Å². The lowest BCUT2D eigenvalue weighted by Crippen LogP contribution is -2.09. The van der Waals surface area contributed by atoms with Gasteiger partial charge in [-0.2, -0.15) is 0 Å². The Hall–Kier alpha value is -2.60. The van der Waals surface area contributed by atoms with E-state index in [1.165, 1.54) is 7.11 Å². The maximum Gasteiger partial charge on any atom is 0.232 e. The van der Waals surface area contributed by atoms with Gasteiger partial charge in [0.2, 0.25) is 12.3 Å². The molecule has 0 unspecified atom stereocenters. The molecule has 2 aromatic heterocycles. The van der Waals surface area contributed by atoms with Gasteiger partial charge in [0.25, 0.3) is 0 Å². The largest absolute Gasteiger partial charge is 0.480 e. The number of methoxy groups -OCH3 is 1. The lowest BCUT2D eigenvalue weighted by Gasteiger charge is -2.05. The summed E-state index contributed by atoms with van der Waals surface area (Å²) in [5.41, 5.74) is 3.26. The zero-order chi connectivity index (χ0) is 15.5. The van der Waals surface area contributed by atoms with Crippen LogP contribution in [0, 0.1) is 0 Å². The Bertz CT molecular complexity index is 814. The van der Waals surface area contributed by atoms with Gasteiger partial charge in [-0.05, 0) is 18.2 Å². The van der Waals surface area contributed by atoms with Crippen molar-refractivity contribution in [3.63, 3.8) is 0 Å². The molecule has 2 heterocycles. The Kier molecular flexibility index (Phi) is 3.93. The summed E-state index contributed by atoms with van der Waals surface area (Å²) in [4.78, 5) is 22.0. The summed E-state index contributed by atoms with van der Waals surface area (Å²) in [5, 5.41) is 4.17. The molecule has 0 aliphatic rings. The summed E-state index contributed by atoms with van der Waals surface area (Å²) in [6, 6.07) is 5.72. The van der Waals surface area contributed by atoms with Gasteiger partial charge in [-0.15, -0.1) is 0 Å². The number of aromatic nitrogens is 3. The summed E-state index contributed by atoms with van der Waals surface area (Å²) in [7, 11) is 1.54. The third-order valence-electron chi connectivity index (χ3n) is 3.25. The SMILES string of the molecule is COc1cnc(-c2cc3[nH]c(CNC=O)cc3cc2Cl)cn1. The van der Waals surface area contributed by atoms with Crippen LogP contribution in [0.2, 0.25) is 5.02 Å². The number of carbonyl (C=O) groups excluding carboxylic acids is 1. The van der Waals surface area contributed by atoms with Crippen LogP contribution >= 0.6 is 11.6 Å². The summed E-state index contributed by atoms with van der Waals surface area (Å²) >= 11 is 6.34. The number of hydrogen-bond donors (Lipinski definition) is 2. The fraction of sp³-hybridized carbons (Fsp3) is 0.133. The molecule has 7 heteroatoms. The molecule has 0 saturated heterocycles. The molecule has 0 atom stereocenters. The summed E-state index contributed by atoms with van der Waals surface area (Å²) < 4.78 is 5.00. The third-order valence-corrected chi connectivity index (χ3v) is 3.57. The number of amides is 1. The zero-order valence-electron chi connectivity index (χ0n) is 11.8. The van der Waals surface area contributed by atoms with E-state index in [0.29, 0.717) is 29.6 Å². The first-order valence-corrected chi connectivity index (χ1v) is 6.93.